The molecule has 2 rings (SSSR count). The van der Waals surface area contributed by atoms with E-state index in [2.05, 4.69) is 10.6 Å². The number of rotatable bonds is 8. The maximum Gasteiger partial charge on any atom is 0.308 e. The second kappa shape index (κ2) is 10.3. The first-order chi connectivity index (χ1) is 13.4. The van der Waals surface area contributed by atoms with E-state index in [1.54, 1.807) is 24.3 Å². The Morgan fingerprint density at radius 2 is 1.89 bits per heavy atom. The van der Waals surface area contributed by atoms with Crippen molar-refractivity contribution in [1.29, 1.82) is 0 Å². The molecule has 0 saturated carbocycles. The average Bonchev–Trinajstić information content (AvgIpc) is 2.69. The van der Waals surface area contributed by atoms with Crippen LogP contribution in [-0.4, -0.2) is 38.0 Å². The molecule has 2 N–H and O–H groups in total. The lowest BCUT2D eigenvalue weighted by atomic mass is 10.2. The second-order valence-corrected chi connectivity index (χ2v) is 5.98. The van der Waals surface area contributed by atoms with Crippen molar-refractivity contribution in [3.8, 4) is 5.75 Å². The van der Waals surface area contributed by atoms with Gasteiger partial charge in [-0.05, 0) is 30.3 Å². The molecule has 0 fully saturated rings. The molecule has 28 heavy (non-hydrogen) atoms. The van der Waals surface area contributed by atoms with Crippen molar-refractivity contribution in [1.82, 2.24) is 5.32 Å². The molecule has 0 aliphatic carbocycles. The third-order valence-corrected chi connectivity index (χ3v) is 3.77. The summed E-state index contributed by atoms with van der Waals surface area (Å²) >= 11 is 5.73. The number of esters is 1. The maximum atomic E-state index is 13.5. The van der Waals surface area contributed by atoms with Gasteiger partial charge >= 0.3 is 5.97 Å². The van der Waals surface area contributed by atoms with Crippen molar-refractivity contribution in [3.63, 3.8) is 0 Å². The summed E-state index contributed by atoms with van der Waals surface area (Å²) in [7, 11) is 1.45. The number of benzene rings is 2. The zero-order chi connectivity index (χ0) is 20.5. The molecule has 0 atom stereocenters. The van der Waals surface area contributed by atoms with Gasteiger partial charge in [0, 0.05) is 11.6 Å². The Bertz CT molecular complexity index is 875. The van der Waals surface area contributed by atoms with Crippen molar-refractivity contribution in [2.24, 2.45) is 0 Å². The van der Waals surface area contributed by atoms with Gasteiger partial charge in [0.25, 0.3) is 11.8 Å². The van der Waals surface area contributed by atoms with Gasteiger partial charge in [0.15, 0.2) is 6.61 Å². The third kappa shape index (κ3) is 6.24. The molecular weight excluding hydrogens is 391 g/mol. The van der Waals surface area contributed by atoms with E-state index in [1.807, 2.05) is 0 Å². The second-order valence-electron chi connectivity index (χ2n) is 5.54. The molecule has 148 valence electrons. The van der Waals surface area contributed by atoms with Crippen LogP contribution < -0.4 is 15.4 Å². The number of hydrogen-bond acceptors (Lipinski definition) is 5. The molecule has 2 aromatic rings. The fourth-order valence-electron chi connectivity index (χ4n) is 2.20. The lowest BCUT2D eigenvalue weighted by Crippen LogP contribution is -2.28. The van der Waals surface area contributed by atoms with Gasteiger partial charge in [0.1, 0.15) is 11.6 Å². The topological polar surface area (TPSA) is 93.7 Å². The molecule has 0 aliphatic rings. The third-order valence-electron chi connectivity index (χ3n) is 3.53. The number of methoxy groups -OCH3 is 1. The summed E-state index contributed by atoms with van der Waals surface area (Å²) in [6.45, 7) is -0.578. The molecule has 7 nitrogen and oxygen atoms in total. The van der Waals surface area contributed by atoms with Crippen molar-refractivity contribution >= 4 is 35.1 Å². The fourth-order valence-corrected chi connectivity index (χ4v) is 2.38. The molecule has 0 bridgehead atoms. The minimum atomic E-state index is -0.715. The van der Waals surface area contributed by atoms with Crippen LogP contribution >= 0.6 is 11.6 Å². The highest BCUT2D eigenvalue weighted by molar-refractivity contribution is 6.30. The molecule has 0 saturated heterocycles. The Morgan fingerprint density at radius 3 is 2.64 bits per heavy atom. The van der Waals surface area contributed by atoms with E-state index >= 15 is 0 Å². The van der Waals surface area contributed by atoms with Gasteiger partial charge in [0.05, 0.1) is 24.8 Å². The lowest BCUT2D eigenvalue weighted by molar-refractivity contribution is -0.147. The van der Waals surface area contributed by atoms with Gasteiger partial charge < -0.3 is 20.1 Å². The summed E-state index contributed by atoms with van der Waals surface area (Å²) in [5, 5.41) is 5.07. The summed E-state index contributed by atoms with van der Waals surface area (Å²) in [6, 6.07) is 10.3. The number of para-hydroxylation sites is 1. The molecule has 0 spiro atoms. The van der Waals surface area contributed by atoms with Gasteiger partial charge in [0.2, 0.25) is 0 Å². The Morgan fingerprint density at radius 1 is 1.14 bits per heavy atom. The van der Waals surface area contributed by atoms with Gasteiger partial charge in [-0.15, -0.1) is 0 Å². The standard InChI is InChI=1S/C19H18ClFN2O5/c1-27-16-5-3-2-4-13(16)19(26)22-9-8-18(25)28-11-17(24)23-15-10-12(20)6-7-14(15)21/h2-7,10H,8-9,11H2,1H3,(H,22,26)(H,23,24). The number of hydrogen-bond donors (Lipinski definition) is 2. The number of ether oxygens (including phenoxy) is 2. The number of amides is 2. The molecule has 0 heterocycles. The first kappa shape index (κ1) is 21.2. The molecule has 9 heteroatoms. The van der Waals surface area contributed by atoms with Gasteiger partial charge in [-0.2, -0.15) is 0 Å². The normalized spacial score (nSPS) is 10.1. The van der Waals surface area contributed by atoms with Crippen LogP contribution in [0.3, 0.4) is 0 Å². The first-order valence-corrected chi connectivity index (χ1v) is 8.60. The van der Waals surface area contributed by atoms with Crippen LogP contribution in [0.25, 0.3) is 0 Å². The smallest absolute Gasteiger partial charge is 0.308 e. The summed E-state index contributed by atoms with van der Waals surface area (Å²) in [5.41, 5.74) is 0.221. The summed E-state index contributed by atoms with van der Waals surface area (Å²) in [4.78, 5) is 35.5. The Hall–Kier alpha value is -3.13. The van der Waals surface area contributed by atoms with Crippen LogP contribution in [0.4, 0.5) is 10.1 Å². The molecule has 2 aromatic carbocycles. The van der Waals surface area contributed by atoms with Crippen molar-refractivity contribution in [2.75, 3.05) is 25.6 Å². The van der Waals surface area contributed by atoms with Crippen molar-refractivity contribution in [3.05, 3.63) is 58.9 Å². The van der Waals surface area contributed by atoms with Crippen LogP contribution in [-0.2, 0) is 14.3 Å². The minimum absolute atomic E-state index is 0.0141. The SMILES string of the molecule is COc1ccccc1C(=O)NCCC(=O)OCC(=O)Nc1cc(Cl)ccc1F. The maximum absolute atomic E-state index is 13.5. The number of nitrogens with one attached hydrogen (secondary N) is 2. The predicted octanol–water partition coefficient (Wildman–Crippen LogP) is 2.79. The average molecular weight is 409 g/mol. The lowest BCUT2D eigenvalue weighted by Gasteiger charge is -2.09. The summed E-state index contributed by atoms with van der Waals surface area (Å²) in [6.07, 6.45) is -0.139. The van der Waals surface area contributed by atoms with Gasteiger partial charge in [-0.1, -0.05) is 23.7 Å². The van der Waals surface area contributed by atoms with Crippen molar-refractivity contribution in [2.45, 2.75) is 6.42 Å². The monoisotopic (exact) mass is 408 g/mol. The highest BCUT2D eigenvalue weighted by atomic mass is 35.5. The van der Waals surface area contributed by atoms with E-state index in [9.17, 15) is 18.8 Å². The zero-order valence-electron chi connectivity index (χ0n) is 15.0. The van der Waals surface area contributed by atoms with E-state index in [1.165, 1.54) is 19.2 Å². The van der Waals surface area contributed by atoms with E-state index in [4.69, 9.17) is 21.1 Å². The Balaban J connectivity index is 1.73. The fraction of sp³-hybridized carbons (Fsp3) is 0.211. The van der Waals surface area contributed by atoms with E-state index < -0.39 is 30.2 Å². The predicted molar refractivity (Wildman–Crippen MR) is 101 cm³/mol. The van der Waals surface area contributed by atoms with Gasteiger partial charge in [-0.3, -0.25) is 14.4 Å². The molecule has 0 unspecified atom stereocenters. The van der Waals surface area contributed by atoms with Crippen LogP contribution in [0.5, 0.6) is 5.75 Å². The zero-order valence-corrected chi connectivity index (χ0v) is 15.7. The summed E-state index contributed by atoms with van der Waals surface area (Å²) in [5.74, 6) is -2.07. The van der Waals surface area contributed by atoms with Crippen LogP contribution in [0.2, 0.25) is 5.02 Å². The molecule has 0 aromatic heterocycles. The first-order valence-electron chi connectivity index (χ1n) is 8.22. The number of carbonyl (C=O) groups is 3. The molecule has 0 aliphatic heterocycles. The quantitative estimate of drug-likeness (QED) is 0.655. The Kier molecular flexibility index (Phi) is 7.76. The highest BCUT2D eigenvalue weighted by Crippen LogP contribution is 2.19. The van der Waals surface area contributed by atoms with Crippen LogP contribution in [0.1, 0.15) is 16.8 Å². The number of halogens is 2. The molecular formula is C19H18ClFN2O5. The van der Waals surface area contributed by atoms with Crippen LogP contribution in [0.15, 0.2) is 42.5 Å². The highest BCUT2D eigenvalue weighted by Gasteiger charge is 2.13. The summed E-state index contributed by atoms with van der Waals surface area (Å²) < 4.78 is 23.4. The number of anilines is 1. The molecule has 2 amide bonds. The Labute approximate surface area is 165 Å². The van der Waals surface area contributed by atoms with E-state index in [-0.39, 0.29) is 23.7 Å². The molecule has 0 radical (unpaired) electrons. The van der Waals surface area contributed by atoms with Gasteiger partial charge in [-0.25, -0.2) is 4.39 Å². The largest absolute Gasteiger partial charge is 0.496 e. The van der Waals surface area contributed by atoms with Crippen LogP contribution in [0, 0.1) is 5.82 Å². The van der Waals surface area contributed by atoms with E-state index in [0.29, 0.717) is 11.3 Å². The number of carbonyl (C=O) groups excluding carboxylic acids is 3. The van der Waals surface area contributed by atoms with E-state index in [0.717, 1.165) is 6.07 Å². The van der Waals surface area contributed by atoms with Crippen molar-refractivity contribution < 1.29 is 28.2 Å². The minimum Gasteiger partial charge on any atom is -0.496 e.